The monoisotopic (exact) mass is 209 g/mol. The molecule has 2 heteroatoms. The van der Waals surface area contributed by atoms with E-state index in [2.05, 4.69) is 31.2 Å². The number of nitrogens with two attached hydrogens (primary N) is 1. The largest absolute Gasteiger partial charge is 0.325 e. The molecule has 14 heavy (non-hydrogen) atoms. The first-order valence-corrected chi connectivity index (χ1v) is 4.98. The van der Waals surface area contributed by atoms with Gasteiger partial charge in [-0.05, 0) is 31.7 Å². The average molecular weight is 210 g/mol. The Labute approximate surface area is 91.1 Å². The number of aryl methyl sites for hydroxylation is 1. The second kappa shape index (κ2) is 2.74. The fourth-order valence-electron chi connectivity index (χ4n) is 3.15. The standard InChI is InChI=1S/C12H15N.ClH/c1-9-3-2-4-10(5-9)11-6-12(13,7-11)8-11;/h2-5H,6-8,13H2,1H3;1H. The first-order chi connectivity index (χ1) is 6.12. The van der Waals surface area contributed by atoms with Gasteiger partial charge in [0.05, 0.1) is 0 Å². The molecule has 0 atom stereocenters. The number of hydrogen-bond donors (Lipinski definition) is 1. The molecule has 3 aliphatic rings. The topological polar surface area (TPSA) is 26.0 Å². The van der Waals surface area contributed by atoms with Gasteiger partial charge in [0.15, 0.2) is 0 Å². The zero-order valence-corrected chi connectivity index (χ0v) is 9.23. The van der Waals surface area contributed by atoms with E-state index in [4.69, 9.17) is 5.73 Å². The van der Waals surface area contributed by atoms with Crippen molar-refractivity contribution in [3.05, 3.63) is 35.4 Å². The van der Waals surface area contributed by atoms with Crippen LogP contribution in [0.1, 0.15) is 30.4 Å². The fourth-order valence-corrected chi connectivity index (χ4v) is 3.15. The van der Waals surface area contributed by atoms with Crippen LogP contribution in [-0.2, 0) is 5.41 Å². The van der Waals surface area contributed by atoms with Crippen LogP contribution in [0.3, 0.4) is 0 Å². The lowest BCUT2D eigenvalue weighted by Gasteiger charge is -2.69. The molecule has 1 nitrogen and oxygen atoms in total. The van der Waals surface area contributed by atoms with Crippen molar-refractivity contribution in [2.45, 2.75) is 37.1 Å². The van der Waals surface area contributed by atoms with Crippen molar-refractivity contribution in [2.24, 2.45) is 5.73 Å². The smallest absolute Gasteiger partial charge is 0.0179 e. The summed E-state index contributed by atoms with van der Waals surface area (Å²) in [7, 11) is 0. The Kier molecular flexibility index (Phi) is 1.96. The van der Waals surface area contributed by atoms with Crippen molar-refractivity contribution in [3.63, 3.8) is 0 Å². The molecule has 4 rings (SSSR count). The summed E-state index contributed by atoms with van der Waals surface area (Å²) in [6, 6.07) is 8.89. The van der Waals surface area contributed by atoms with Crippen LogP contribution in [0.2, 0.25) is 0 Å². The molecule has 76 valence electrons. The van der Waals surface area contributed by atoms with E-state index in [0.29, 0.717) is 5.41 Å². The quantitative estimate of drug-likeness (QED) is 0.756. The highest BCUT2D eigenvalue weighted by atomic mass is 35.5. The van der Waals surface area contributed by atoms with E-state index in [9.17, 15) is 0 Å². The molecule has 0 saturated heterocycles. The van der Waals surface area contributed by atoms with Crippen molar-refractivity contribution in [2.75, 3.05) is 0 Å². The molecule has 0 heterocycles. The molecule has 1 aromatic rings. The Morgan fingerprint density at radius 2 is 1.86 bits per heavy atom. The van der Waals surface area contributed by atoms with Gasteiger partial charge >= 0.3 is 0 Å². The maximum Gasteiger partial charge on any atom is 0.0179 e. The number of benzene rings is 1. The van der Waals surface area contributed by atoms with Crippen LogP contribution in [0.25, 0.3) is 0 Å². The van der Waals surface area contributed by atoms with Gasteiger partial charge in [0, 0.05) is 11.0 Å². The lowest BCUT2D eigenvalue weighted by Crippen LogP contribution is -2.74. The Balaban J connectivity index is 0.000000750. The lowest BCUT2D eigenvalue weighted by atomic mass is 9.38. The van der Waals surface area contributed by atoms with Crippen molar-refractivity contribution < 1.29 is 0 Å². The van der Waals surface area contributed by atoms with E-state index in [1.807, 2.05) is 0 Å². The van der Waals surface area contributed by atoms with Crippen LogP contribution in [0.15, 0.2) is 24.3 Å². The molecule has 0 radical (unpaired) electrons. The van der Waals surface area contributed by atoms with Crippen LogP contribution in [0.4, 0.5) is 0 Å². The molecule has 0 aliphatic heterocycles. The third-order valence-corrected chi connectivity index (χ3v) is 3.70. The van der Waals surface area contributed by atoms with Gasteiger partial charge in [0.1, 0.15) is 0 Å². The zero-order valence-electron chi connectivity index (χ0n) is 8.42. The number of hydrogen-bond acceptors (Lipinski definition) is 1. The predicted molar refractivity (Wildman–Crippen MR) is 60.9 cm³/mol. The van der Waals surface area contributed by atoms with E-state index in [1.54, 1.807) is 0 Å². The van der Waals surface area contributed by atoms with Crippen LogP contribution in [-0.4, -0.2) is 5.54 Å². The highest BCUT2D eigenvalue weighted by Crippen LogP contribution is 2.66. The molecular weight excluding hydrogens is 194 g/mol. The van der Waals surface area contributed by atoms with E-state index in [0.717, 1.165) is 0 Å². The molecule has 0 unspecified atom stereocenters. The van der Waals surface area contributed by atoms with Gasteiger partial charge in [-0.2, -0.15) is 0 Å². The molecule has 3 saturated carbocycles. The third kappa shape index (κ3) is 1.12. The van der Waals surface area contributed by atoms with Crippen LogP contribution in [0, 0.1) is 6.92 Å². The summed E-state index contributed by atoms with van der Waals surface area (Å²) in [4.78, 5) is 0. The number of halogens is 1. The molecule has 0 spiro atoms. The van der Waals surface area contributed by atoms with Crippen LogP contribution < -0.4 is 5.73 Å². The second-order valence-electron chi connectivity index (χ2n) is 5.04. The third-order valence-electron chi connectivity index (χ3n) is 3.70. The van der Waals surface area contributed by atoms with Gasteiger partial charge < -0.3 is 5.73 Å². The molecule has 3 aliphatic carbocycles. The summed E-state index contributed by atoms with van der Waals surface area (Å²) >= 11 is 0. The van der Waals surface area contributed by atoms with Crippen molar-refractivity contribution in [3.8, 4) is 0 Å². The Morgan fingerprint density at radius 3 is 2.36 bits per heavy atom. The predicted octanol–water partition coefficient (Wildman–Crippen LogP) is 2.55. The summed E-state index contributed by atoms with van der Waals surface area (Å²) in [5.74, 6) is 0. The van der Waals surface area contributed by atoms with Gasteiger partial charge in [-0.25, -0.2) is 0 Å². The van der Waals surface area contributed by atoms with Crippen molar-refractivity contribution in [1.29, 1.82) is 0 Å². The van der Waals surface area contributed by atoms with E-state index >= 15 is 0 Å². The maximum absolute atomic E-state index is 6.05. The molecule has 0 amide bonds. The second-order valence-corrected chi connectivity index (χ2v) is 5.04. The van der Waals surface area contributed by atoms with Crippen LogP contribution in [0.5, 0.6) is 0 Å². The minimum Gasteiger partial charge on any atom is -0.325 e. The molecule has 2 bridgehead atoms. The van der Waals surface area contributed by atoms with E-state index in [-0.39, 0.29) is 17.9 Å². The van der Waals surface area contributed by atoms with Gasteiger partial charge in [0.2, 0.25) is 0 Å². The number of rotatable bonds is 1. The average Bonchev–Trinajstić information content (AvgIpc) is 1.97. The van der Waals surface area contributed by atoms with Gasteiger partial charge in [-0.1, -0.05) is 29.8 Å². The van der Waals surface area contributed by atoms with Gasteiger partial charge in [-0.15, -0.1) is 12.4 Å². The fraction of sp³-hybridized carbons (Fsp3) is 0.500. The van der Waals surface area contributed by atoms with Crippen LogP contribution >= 0.6 is 12.4 Å². The Bertz CT molecular complexity index is 353. The summed E-state index contributed by atoms with van der Waals surface area (Å²) in [6.07, 6.45) is 3.64. The molecule has 2 N–H and O–H groups in total. The Morgan fingerprint density at radius 1 is 1.21 bits per heavy atom. The summed E-state index contributed by atoms with van der Waals surface area (Å²) in [5, 5.41) is 0. The molecule has 3 fully saturated rings. The summed E-state index contributed by atoms with van der Waals surface area (Å²) in [5.41, 5.74) is 9.64. The molecule has 1 aromatic carbocycles. The minimum absolute atomic E-state index is 0. The highest BCUT2D eigenvalue weighted by Gasteiger charge is 2.66. The minimum atomic E-state index is 0. The maximum atomic E-state index is 6.05. The normalized spacial score (nSPS) is 37.9. The van der Waals surface area contributed by atoms with E-state index < -0.39 is 0 Å². The first-order valence-electron chi connectivity index (χ1n) is 4.98. The molecule has 0 aromatic heterocycles. The lowest BCUT2D eigenvalue weighted by molar-refractivity contribution is -0.0590. The van der Waals surface area contributed by atoms with Crippen molar-refractivity contribution in [1.82, 2.24) is 0 Å². The van der Waals surface area contributed by atoms with Gasteiger partial charge in [0.25, 0.3) is 0 Å². The summed E-state index contributed by atoms with van der Waals surface area (Å²) < 4.78 is 0. The summed E-state index contributed by atoms with van der Waals surface area (Å²) in [6.45, 7) is 2.16. The first kappa shape index (κ1) is 10.0. The molecular formula is C12H16ClN. The van der Waals surface area contributed by atoms with Gasteiger partial charge in [-0.3, -0.25) is 0 Å². The van der Waals surface area contributed by atoms with E-state index in [1.165, 1.54) is 30.4 Å². The Hall–Kier alpha value is -0.530. The highest BCUT2D eigenvalue weighted by molar-refractivity contribution is 5.85. The SMILES string of the molecule is Cc1cccc(C23CC(N)(C2)C3)c1.Cl. The van der Waals surface area contributed by atoms with Crippen molar-refractivity contribution >= 4 is 12.4 Å². The zero-order chi connectivity index (χ0) is 9.10.